The molecule has 0 spiro atoms. The molecular weight excluding hydrogens is 326 g/mol. The number of hydrogen-bond acceptors (Lipinski definition) is 4. The molecule has 1 aromatic rings. The third kappa shape index (κ3) is 4.58. The quantitative estimate of drug-likeness (QED) is 0.597. The van der Waals surface area contributed by atoms with E-state index < -0.39 is 0 Å². The van der Waals surface area contributed by atoms with Crippen LogP contribution in [0.25, 0.3) is 0 Å². The second-order valence-electron chi connectivity index (χ2n) is 7.53. The monoisotopic (exact) mass is 361 g/mol. The molecule has 2 saturated heterocycles. The van der Waals surface area contributed by atoms with Gasteiger partial charge in [-0.25, -0.2) is 4.99 Å². The van der Waals surface area contributed by atoms with E-state index in [9.17, 15) is 0 Å². The number of rotatable bonds is 7. The largest absolute Gasteiger partial charge is 0.359 e. The number of nitrogens with one attached hydrogen (secondary N) is 1. The fraction of sp³-hybridized carbons (Fsp3) is 0.800. The Morgan fingerprint density at radius 3 is 2.73 bits per heavy atom. The van der Waals surface area contributed by atoms with Crippen LogP contribution in [-0.2, 0) is 6.54 Å². The lowest BCUT2D eigenvalue weighted by atomic mass is 9.99. The number of nitrogens with zero attached hydrogens (tertiary/aromatic N) is 4. The van der Waals surface area contributed by atoms with Crippen molar-refractivity contribution in [2.24, 2.45) is 4.99 Å². The zero-order chi connectivity index (χ0) is 18.4. The zero-order valence-corrected chi connectivity index (χ0v) is 16.7. The van der Waals surface area contributed by atoms with Crippen LogP contribution in [0.2, 0.25) is 0 Å². The molecule has 0 aromatic carbocycles. The normalized spacial score (nSPS) is 21.9. The highest BCUT2D eigenvalue weighted by molar-refractivity contribution is 5.80. The maximum Gasteiger partial charge on any atom is 0.194 e. The van der Waals surface area contributed by atoms with Gasteiger partial charge in [-0.2, -0.15) is 0 Å². The summed E-state index contributed by atoms with van der Waals surface area (Å²) in [4.78, 5) is 9.89. The third-order valence-corrected chi connectivity index (χ3v) is 5.82. The summed E-state index contributed by atoms with van der Waals surface area (Å²) >= 11 is 0. The van der Waals surface area contributed by atoms with Crippen LogP contribution in [0.3, 0.4) is 0 Å². The minimum atomic E-state index is 0.490. The van der Waals surface area contributed by atoms with E-state index in [1.54, 1.807) is 0 Å². The van der Waals surface area contributed by atoms with Gasteiger partial charge in [0.15, 0.2) is 11.7 Å². The smallest absolute Gasteiger partial charge is 0.194 e. The van der Waals surface area contributed by atoms with Gasteiger partial charge in [0.05, 0.1) is 5.69 Å². The molecule has 0 saturated carbocycles. The van der Waals surface area contributed by atoms with E-state index in [4.69, 9.17) is 9.52 Å². The molecule has 146 valence electrons. The second kappa shape index (κ2) is 9.40. The first-order valence-electron chi connectivity index (χ1n) is 10.5. The van der Waals surface area contributed by atoms with E-state index in [2.05, 4.69) is 47.1 Å². The predicted molar refractivity (Wildman–Crippen MR) is 105 cm³/mol. The SMILES string of the molecule is CCNC(=NCc1cc(C(CC)CC)no1)N1CCC(N2CCCC2)C1. The van der Waals surface area contributed by atoms with Crippen LogP contribution in [0.15, 0.2) is 15.6 Å². The molecule has 0 bridgehead atoms. The molecule has 2 aliphatic heterocycles. The minimum Gasteiger partial charge on any atom is -0.359 e. The highest BCUT2D eigenvalue weighted by atomic mass is 16.5. The van der Waals surface area contributed by atoms with Gasteiger partial charge in [-0.1, -0.05) is 19.0 Å². The molecule has 3 rings (SSSR count). The van der Waals surface area contributed by atoms with Crippen LogP contribution >= 0.6 is 0 Å². The highest BCUT2D eigenvalue weighted by Gasteiger charge is 2.30. The number of aromatic nitrogens is 1. The molecule has 0 radical (unpaired) electrons. The fourth-order valence-electron chi connectivity index (χ4n) is 4.22. The van der Waals surface area contributed by atoms with E-state index in [1.807, 2.05) is 0 Å². The first-order valence-corrected chi connectivity index (χ1v) is 10.5. The molecule has 1 atom stereocenters. The van der Waals surface area contributed by atoms with Gasteiger partial charge in [-0.3, -0.25) is 4.90 Å². The first kappa shape index (κ1) is 19.2. The lowest BCUT2D eigenvalue weighted by Gasteiger charge is -2.25. The van der Waals surface area contributed by atoms with E-state index in [1.165, 1.54) is 32.4 Å². The number of guanidine groups is 1. The lowest BCUT2D eigenvalue weighted by molar-refractivity contribution is 0.249. The van der Waals surface area contributed by atoms with Gasteiger partial charge >= 0.3 is 0 Å². The van der Waals surface area contributed by atoms with Gasteiger partial charge in [0.25, 0.3) is 0 Å². The topological polar surface area (TPSA) is 56.9 Å². The van der Waals surface area contributed by atoms with Crippen LogP contribution in [0, 0.1) is 0 Å². The summed E-state index contributed by atoms with van der Waals surface area (Å²) < 4.78 is 5.53. The number of likely N-dealkylation sites (tertiary alicyclic amines) is 2. The van der Waals surface area contributed by atoms with E-state index in [0.717, 1.165) is 49.9 Å². The van der Waals surface area contributed by atoms with Crippen LogP contribution in [0.5, 0.6) is 0 Å². The van der Waals surface area contributed by atoms with Crippen molar-refractivity contribution in [3.63, 3.8) is 0 Å². The Balaban J connectivity index is 1.60. The average Bonchev–Trinajstić information content (AvgIpc) is 3.40. The Hall–Kier alpha value is -1.56. The Bertz CT molecular complexity index is 575. The van der Waals surface area contributed by atoms with Crippen LogP contribution in [0.4, 0.5) is 0 Å². The Morgan fingerprint density at radius 1 is 1.27 bits per heavy atom. The van der Waals surface area contributed by atoms with E-state index >= 15 is 0 Å². The molecule has 3 heterocycles. The van der Waals surface area contributed by atoms with Crippen molar-refractivity contribution >= 4 is 5.96 Å². The minimum absolute atomic E-state index is 0.490. The molecule has 26 heavy (non-hydrogen) atoms. The summed E-state index contributed by atoms with van der Waals surface area (Å²) in [5.41, 5.74) is 1.07. The predicted octanol–water partition coefficient (Wildman–Crippen LogP) is 3.21. The van der Waals surface area contributed by atoms with Gasteiger partial charge in [0.2, 0.25) is 0 Å². The first-order chi connectivity index (χ1) is 12.7. The van der Waals surface area contributed by atoms with Gasteiger partial charge in [0.1, 0.15) is 6.54 Å². The van der Waals surface area contributed by atoms with Crippen molar-refractivity contribution in [1.29, 1.82) is 0 Å². The van der Waals surface area contributed by atoms with Crippen molar-refractivity contribution in [3.05, 3.63) is 17.5 Å². The van der Waals surface area contributed by atoms with Gasteiger partial charge in [-0.05, 0) is 52.1 Å². The summed E-state index contributed by atoms with van der Waals surface area (Å²) in [6.45, 7) is 12.7. The second-order valence-corrected chi connectivity index (χ2v) is 7.53. The third-order valence-electron chi connectivity index (χ3n) is 5.82. The van der Waals surface area contributed by atoms with Crippen molar-refractivity contribution in [3.8, 4) is 0 Å². The van der Waals surface area contributed by atoms with Crippen molar-refractivity contribution < 1.29 is 4.52 Å². The van der Waals surface area contributed by atoms with Gasteiger partial charge < -0.3 is 14.7 Å². The van der Waals surface area contributed by atoms with Gasteiger partial charge in [0, 0.05) is 37.7 Å². The van der Waals surface area contributed by atoms with E-state index in [0.29, 0.717) is 18.5 Å². The standard InChI is InChI=1S/C20H35N5O/c1-4-16(5-2)19-13-18(26-23-19)14-22-20(21-6-3)25-12-9-17(15-25)24-10-7-8-11-24/h13,16-17H,4-12,14-15H2,1-3H3,(H,21,22). The number of hydrogen-bond donors (Lipinski definition) is 1. The molecule has 6 heteroatoms. The summed E-state index contributed by atoms with van der Waals surface area (Å²) in [5.74, 6) is 2.36. The summed E-state index contributed by atoms with van der Waals surface area (Å²) in [6.07, 6.45) is 6.15. The summed E-state index contributed by atoms with van der Waals surface area (Å²) in [6, 6.07) is 2.77. The van der Waals surface area contributed by atoms with Crippen LogP contribution in [0.1, 0.15) is 70.2 Å². The van der Waals surface area contributed by atoms with Crippen molar-refractivity contribution in [2.45, 2.75) is 71.4 Å². The van der Waals surface area contributed by atoms with Crippen molar-refractivity contribution in [2.75, 3.05) is 32.7 Å². The Labute approximate surface area is 158 Å². The van der Waals surface area contributed by atoms with Gasteiger partial charge in [-0.15, -0.1) is 0 Å². The molecule has 6 nitrogen and oxygen atoms in total. The molecule has 0 aliphatic carbocycles. The molecular formula is C20H35N5O. The zero-order valence-electron chi connectivity index (χ0n) is 16.7. The maximum absolute atomic E-state index is 5.53. The fourth-order valence-corrected chi connectivity index (χ4v) is 4.22. The summed E-state index contributed by atoms with van der Waals surface area (Å²) in [5, 5.41) is 7.71. The van der Waals surface area contributed by atoms with Crippen LogP contribution < -0.4 is 5.32 Å². The molecule has 0 amide bonds. The average molecular weight is 362 g/mol. The molecule has 2 aliphatic rings. The Morgan fingerprint density at radius 2 is 2.04 bits per heavy atom. The van der Waals surface area contributed by atoms with Crippen LogP contribution in [-0.4, -0.2) is 59.7 Å². The maximum atomic E-state index is 5.53. The van der Waals surface area contributed by atoms with E-state index in [-0.39, 0.29) is 0 Å². The Kier molecular flexibility index (Phi) is 6.94. The highest BCUT2D eigenvalue weighted by Crippen LogP contribution is 2.23. The molecule has 1 N–H and O–H groups in total. The lowest BCUT2D eigenvalue weighted by Crippen LogP contribution is -2.42. The summed E-state index contributed by atoms with van der Waals surface area (Å²) in [7, 11) is 0. The van der Waals surface area contributed by atoms with Crippen molar-refractivity contribution in [1.82, 2.24) is 20.3 Å². The molecule has 1 unspecified atom stereocenters. The molecule has 2 fully saturated rings. The molecule has 1 aromatic heterocycles. The number of aliphatic imine (C=N–C) groups is 1.